The predicted octanol–water partition coefficient (Wildman–Crippen LogP) is 9.36. The minimum atomic E-state index is 0.445. The molecule has 2 heteroatoms. The summed E-state index contributed by atoms with van der Waals surface area (Å²) in [6.07, 6.45) is 4.71. The average molecular weight is 437 g/mol. The van der Waals surface area contributed by atoms with Crippen LogP contribution in [0.2, 0.25) is 0 Å². The van der Waals surface area contributed by atoms with Crippen LogP contribution in [0.4, 0.5) is 0 Å². The Balaban J connectivity index is 0.000000601. The Bertz CT molecular complexity index is 1360. The summed E-state index contributed by atoms with van der Waals surface area (Å²) in [7, 11) is 0. The van der Waals surface area contributed by atoms with Crippen LogP contribution < -0.4 is 0 Å². The van der Waals surface area contributed by atoms with E-state index in [0.29, 0.717) is 11.8 Å². The fraction of sp³-hybridized carbons (Fsp3) is 0.323. The summed E-state index contributed by atoms with van der Waals surface area (Å²) in [5, 5.41) is 3.72. The average Bonchev–Trinajstić information content (AvgIpc) is 3.29. The van der Waals surface area contributed by atoms with E-state index < -0.39 is 0 Å². The quantitative estimate of drug-likeness (QED) is 0.256. The third-order valence-electron chi connectivity index (χ3n) is 6.49. The van der Waals surface area contributed by atoms with Gasteiger partial charge in [-0.25, -0.2) is 4.98 Å². The van der Waals surface area contributed by atoms with Crippen molar-refractivity contribution in [3.05, 3.63) is 84.1 Å². The number of para-hydroxylation sites is 1. The number of aromatic nitrogens is 2. The molecule has 2 aromatic heterocycles. The van der Waals surface area contributed by atoms with E-state index in [2.05, 4.69) is 119 Å². The smallest absolute Gasteiger partial charge is 0.145 e. The molecule has 0 aliphatic carbocycles. The van der Waals surface area contributed by atoms with Gasteiger partial charge in [0.15, 0.2) is 0 Å². The van der Waals surface area contributed by atoms with Gasteiger partial charge in [-0.2, -0.15) is 0 Å². The van der Waals surface area contributed by atoms with Crippen LogP contribution >= 0.6 is 0 Å². The van der Waals surface area contributed by atoms with E-state index in [9.17, 15) is 0 Å². The Hall–Kier alpha value is -3.13. The van der Waals surface area contributed by atoms with Gasteiger partial charge in [0.25, 0.3) is 0 Å². The summed E-state index contributed by atoms with van der Waals surface area (Å²) in [6, 6.07) is 24.0. The Morgan fingerprint density at radius 2 is 1.21 bits per heavy atom. The zero-order valence-electron chi connectivity index (χ0n) is 20.9. The molecule has 0 fully saturated rings. The van der Waals surface area contributed by atoms with Gasteiger partial charge in [0.1, 0.15) is 5.65 Å². The topological polar surface area (TPSA) is 17.3 Å². The lowest BCUT2D eigenvalue weighted by Crippen LogP contribution is -2.02. The third kappa shape index (κ3) is 4.15. The molecule has 0 N–H and O–H groups in total. The Morgan fingerprint density at radius 3 is 1.79 bits per heavy atom. The highest BCUT2D eigenvalue weighted by atomic mass is 15.0. The minimum Gasteiger partial charge on any atom is -0.292 e. The van der Waals surface area contributed by atoms with E-state index in [1.54, 1.807) is 0 Å². The van der Waals surface area contributed by atoms with E-state index in [0.717, 1.165) is 5.65 Å². The SMILES string of the molecule is CC(C)c1cccc(C(C)C)c1-c1cnc2c3ccccc3c3ccccc3n12.CCCC. The number of fused-ring (bicyclic) bond motifs is 6. The van der Waals surface area contributed by atoms with Gasteiger partial charge in [0.05, 0.1) is 17.4 Å². The second-order valence-electron chi connectivity index (χ2n) is 9.49. The van der Waals surface area contributed by atoms with Crippen LogP contribution in [0.3, 0.4) is 0 Å². The number of hydrogen-bond acceptors (Lipinski definition) is 1. The largest absolute Gasteiger partial charge is 0.292 e. The van der Waals surface area contributed by atoms with E-state index >= 15 is 0 Å². The summed E-state index contributed by atoms with van der Waals surface area (Å²) in [5.74, 6) is 0.891. The highest BCUT2D eigenvalue weighted by Gasteiger charge is 2.20. The zero-order chi connectivity index (χ0) is 23.5. The first kappa shape index (κ1) is 23.0. The number of rotatable bonds is 4. The Morgan fingerprint density at radius 1 is 0.667 bits per heavy atom. The second kappa shape index (κ2) is 9.79. The molecule has 0 aliphatic heterocycles. The van der Waals surface area contributed by atoms with Crippen LogP contribution in [-0.2, 0) is 0 Å². The predicted molar refractivity (Wildman–Crippen MR) is 144 cm³/mol. The van der Waals surface area contributed by atoms with Gasteiger partial charge >= 0.3 is 0 Å². The summed E-state index contributed by atoms with van der Waals surface area (Å²) < 4.78 is 2.37. The first-order chi connectivity index (χ1) is 16.0. The maximum Gasteiger partial charge on any atom is 0.145 e. The van der Waals surface area contributed by atoms with Crippen molar-refractivity contribution < 1.29 is 0 Å². The van der Waals surface area contributed by atoms with E-state index in [4.69, 9.17) is 4.98 Å². The molecular weight excluding hydrogens is 400 g/mol. The van der Waals surface area contributed by atoms with Crippen molar-refractivity contribution in [1.29, 1.82) is 0 Å². The zero-order valence-corrected chi connectivity index (χ0v) is 20.9. The molecule has 0 unspecified atom stereocenters. The van der Waals surface area contributed by atoms with Gasteiger partial charge in [-0.15, -0.1) is 0 Å². The highest BCUT2D eigenvalue weighted by Crippen LogP contribution is 2.39. The van der Waals surface area contributed by atoms with Crippen molar-refractivity contribution in [2.24, 2.45) is 0 Å². The van der Waals surface area contributed by atoms with Crippen LogP contribution in [0.1, 0.15) is 77.3 Å². The minimum absolute atomic E-state index is 0.445. The molecule has 33 heavy (non-hydrogen) atoms. The maximum atomic E-state index is 4.94. The standard InChI is InChI=1S/C27H26N2.C4H10/c1-17(2)19-13-9-14-20(18(3)4)26(19)25-16-28-27-23-12-6-5-10-21(23)22-11-7-8-15-24(22)29(25)27;1-3-4-2/h5-18H,1-4H3;3-4H2,1-2H3. The third-order valence-corrected chi connectivity index (χ3v) is 6.49. The van der Waals surface area contributed by atoms with Gasteiger partial charge in [-0.05, 0) is 34.4 Å². The van der Waals surface area contributed by atoms with Crippen LogP contribution in [0, 0.1) is 0 Å². The van der Waals surface area contributed by atoms with Crippen molar-refractivity contribution in [1.82, 2.24) is 9.38 Å². The monoisotopic (exact) mass is 436 g/mol. The van der Waals surface area contributed by atoms with Crippen LogP contribution in [0.25, 0.3) is 38.6 Å². The van der Waals surface area contributed by atoms with Crippen LogP contribution in [0.5, 0.6) is 0 Å². The molecule has 0 radical (unpaired) electrons. The van der Waals surface area contributed by atoms with Crippen molar-refractivity contribution in [3.63, 3.8) is 0 Å². The Kier molecular flexibility index (Phi) is 6.83. The summed E-state index contributed by atoms with van der Waals surface area (Å²) in [4.78, 5) is 4.94. The van der Waals surface area contributed by atoms with Gasteiger partial charge < -0.3 is 0 Å². The van der Waals surface area contributed by atoms with Crippen LogP contribution in [0.15, 0.2) is 72.9 Å². The Labute approximate surface area is 198 Å². The fourth-order valence-corrected chi connectivity index (χ4v) is 4.62. The molecule has 0 aliphatic rings. The first-order valence-electron chi connectivity index (χ1n) is 12.4. The lowest BCUT2D eigenvalue weighted by atomic mass is 9.87. The molecule has 0 saturated heterocycles. The first-order valence-corrected chi connectivity index (χ1v) is 12.4. The molecule has 0 saturated carbocycles. The van der Waals surface area contributed by atoms with Gasteiger partial charge in [-0.3, -0.25) is 4.40 Å². The number of unbranched alkanes of at least 4 members (excludes halogenated alkanes) is 1. The molecular formula is C31H36N2. The molecule has 3 aromatic carbocycles. The lowest BCUT2D eigenvalue weighted by molar-refractivity contribution is 0.836. The lowest BCUT2D eigenvalue weighted by Gasteiger charge is -2.20. The number of hydrogen-bond donors (Lipinski definition) is 0. The molecule has 0 bridgehead atoms. The number of benzene rings is 3. The van der Waals surface area contributed by atoms with Crippen molar-refractivity contribution in [3.8, 4) is 11.3 Å². The summed E-state index contributed by atoms with van der Waals surface area (Å²) in [5.41, 5.74) is 7.54. The molecule has 0 atom stereocenters. The molecule has 2 nitrogen and oxygen atoms in total. The normalized spacial score (nSPS) is 11.5. The van der Waals surface area contributed by atoms with Gasteiger partial charge in [-0.1, -0.05) is 115 Å². The summed E-state index contributed by atoms with van der Waals surface area (Å²) in [6.45, 7) is 13.5. The molecule has 0 spiro atoms. The molecule has 5 rings (SSSR count). The van der Waals surface area contributed by atoms with Crippen LogP contribution in [-0.4, -0.2) is 9.38 Å². The molecule has 2 heterocycles. The van der Waals surface area contributed by atoms with Gasteiger partial charge in [0.2, 0.25) is 0 Å². The number of pyridine rings is 1. The van der Waals surface area contributed by atoms with E-state index in [-0.39, 0.29) is 0 Å². The maximum absolute atomic E-state index is 4.94. The molecule has 170 valence electrons. The molecule has 0 amide bonds. The van der Waals surface area contributed by atoms with E-state index in [1.165, 1.54) is 56.9 Å². The van der Waals surface area contributed by atoms with Crippen molar-refractivity contribution >= 4 is 27.3 Å². The van der Waals surface area contributed by atoms with Crippen molar-refractivity contribution in [2.75, 3.05) is 0 Å². The molecule has 5 aromatic rings. The van der Waals surface area contributed by atoms with Gasteiger partial charge in [0, 0.05) is 16.3 Å². The number of nitrogens with zero attached hydrogens (tertiary/aromatic N) is 2. The second-order valence-corrected chi connectivity index (χ2v) is 9.49. The summed E-state index contributed by atoms with van der Waals surface area (Å²) >= 11 is 0. The van der Waals surface area contributed by atoms with E-state index in [1.807, 2.05) is 0 Å². The number of imidazole rings is 1. The van der Waals surface area contributed by atoms with Crippen molar-refractivity contribution in [2.45, 2.75) is 66.2 Å². The highest BCUT2D eigenvalue weighted by molar-refractivity contribution is 6.12. The fourth-order valence-electron chi connectivity index (χ4n) is 4.62.